The number of rotatable bonds is 4. The van der Waals surface area contributed by atoms with E-state index in [-0.39, 0.29) is 5.56 Å². The Bertz CT molecular complexity index is 646. The van der Waals surface area contributed by atoms with E-state index in [2.05, 4.69) is 4.98 Å². The van der Waals surface area contributed by atoms with Gasteiger partial charge >= 0.3 is 6.18 Å². The molecule has 0 N–H and O–H groups in total. The highest BCUT2D eigenvalue weighted by atomic mass is 19.4. The zero-order valence-electron chi connectivity index (χ0n) is 15.1. The van der Waals surface area contributed by atoms with E-state index in [9.17, 15) is 13.2 Å². The molecule has 0 aliphatic carbocycles. The molecule has 132 valence electrons. The average molecular weight is 337 g/mol. The smallest absolute Gasteiger partial charge is 0.247 e. The number of pyridine rings is 1. The first-order chi connectivity index (χ1) is 11.4. The lowest BCUT2D eigenvalue weighted by molar-refractivity contribution is -0.140. The first kappa shape index (κ1) is 20.2. The molecule has 0 saturated carbocycles. The molecule has 1 aromatic carbocycles. The third-order valence-electron chi connectivity index (χ3n) is 3.87. The summed E-state index contributed by atoms with van der Waals surface area (Å²) in [5.41, 5.74) is 2.35. The highest BCUT2D eigenvalue weighted by Gasteiger charge is 2.38. The SMILES string of the molecule is CC.CCc1nc(C(F)(F)F)c(-c2ccccc2)c(CC)c1CC. The fourth-order valence-electron chi connectivity index (χ4n) is 2.95. The molecule has 4 heteroatoms. The third kappa shape index (κ3) is 4.16. The normalized spacial score (nSPS) is 11.0. The van der Waals surface area contributed by atoms with Gasteiger partial charge in [-0.3, -0.25) is 0 Å². The van der Waals surface area contributed by atoms with E-state index in [1.54, 1.807) is 30.3 Å². The maximum Gasteiger partial charge on any atom is 0.433 e. The van der Waals surface area contributed by atoms with Crippen molar-refractivity contribution in [1.82, 2.24) is 4.98 Å². The molecular formula is C20H26F3N. The van der Waals surface area contributed by atoms with E-state index in [1.165, 1.54) is 0 Å². The zero-order valence-corrected chi connectivity index (χ0v) is 15.1. The molecule has 0 aliphatic rings. The summed E-state index contributed by atoms with van der Waals surface area (Å²) in [4.78, 5) is 3.99. The van der Waals surface area contributed by atoms with E-state index in [1.807, 2.05) is 34.6 Å². The van der Waals surface area contributed by atoms with Crippen LogP contribution in [-0.4, -0.2) is 4.98 Å². The lowest BCUT2D eigenvalue weighted by atomic mass is 9.89. The van der Waals surface area contributed by atoms with E-state index >= 15 is 0 Å². The maximum absolute atomic E-state index is 13.5. The standard InChI is InChI=1S/C18H20F3N.C2H6/c1-4-13-14(5-2)16(12-10-8-7-9-11-12)17(18(19,20)21)22-15(13)6-3;1-2/h7-11H,4-6H2,1-3H3;1-2H3. The molecule has 1 nitrogen and oxygen atoms in total. The van der Waals surface area contributed by atoms with Gasteiger partial charge in [0.15, 0.2) is 5.69 Å². The summed E-state index contributed by atoms with van der Waals surface area (Å²) in [5.74, 6) is 0. The lowest BCUT2D eigenvalue weighted by Gasteiger charge is -2.21. The van der Waals surface area contributed by atoms with Crippen LogP contribution in [-0.2, 0) is 25.4 Å². The molecule has 0 bridgehead atoms. The van der Waals surface area contributed by atoms with E-state index in [0.717, 1.165) is 11.1 Å². The molecule has 2 rings (SSSR count). The number of hydrogen-bond acceptors (Lipinski definition) is 1. The fraction of sp³-hybridized carbons (Fsp3) is 0.450. The summed E-state index contributed by atoms with van der Waals surface area (Å²) in [5, 5.41) is 0. The summed E-state index contributed by atoms with van der Waals surface area (Å²) in [7, 11) is 0. The molecule has 0 atom stereocenters. The van der Waals surface area contributed by atoms with Crippen LogP contribution in [0.2, 0.25) is 0 Å². The van der Waals surface area contributed by atoms with Crippen LogP contribution in [0.15, 0.2) is 30.3 Å². The van der Waals surface area contributed by atoms with Gasteiger partial charge in [0.2, 0.25) is 0 Å². The highest BCUT2D eigenvalue weighted by Crippen LogP contribution is 2.40. The molecule has 2 aromatic rings. The van der Waals surface area contributed by atoms with Crippen molar-refractivity contribution in [2.75, 3.05) is 0 Å². The van der Waals surface area contributed by atoms with Gasteiger partial charge in [-0.25, -0.2) is 4.98 Å². The summed E-state index contributed by atoms with van der Waals surface area (Å²) >= 11 is 0. The number of aryl methyl sites for hydroxylation is 1. The Hall–Kier alpha value is -1.84. The Balaban J connectivity index is 0.00000139. The molecule has 24 heavy (non-hydrogen) atoms. The number of aromatic nitrogens is 1. The van der Waals surface area contributed by atoms with Gasteiger partial charge in [0, 0.05) is 11.3 Å². The van der Waals surface area contributed by atoms with Gasteiger partial charge in [-0.05, 0) is 36.0 Å². The first-order valence-electron chi connectivity index (χ1n) is 8.61. The minimum atomic E-state index is -4.45. The van der Waals surface area contributed by atoms with Gasteiger partial charge in [0.25, 0.3) is 0 Å². The molecule has 1 aromatic heterocycles. The Morgan fingerprint density at radius 3 is 1.79 bits per heavy atom. The topological polar surface area (TPSA) is 12.9 Å². The van der Waals surface area contributed by atoms with Crippen LogP contribution in [0.3, 0.4) is 0 Å². The summed E-state index contributed by atoms with van der Waals surface area (Å²) in [6.45, 7) is 9.72. The van der Waals surface area contributed by atoms with Crippen LogP contribution in [0, 0.1) is 0 Å². The largest absolute Gasteiger partial charge is 0.433 e. The summed E-state index contributed by atoms with van der Waals surface area (Å²) in [6.07, 6.45) is -2.69. The van der Waals surface area contributed by atoms with Crippen molar-refractivity contribution in [3.63, 3.8) is 0 Å². The van der Waals surface area contributed by atoms with Gasteiger partial charge in [-0.2, -0.15) is 13.2 Å². The number of halogens is 3. The van der Waals surface area contributed by atoms with Crippen molar-refractivity contribution in [3.8, 4) is 11.1 Å². The molecular weight excluding hydrogens is 311 g/mol. The second-order valence-electron chi connectivity index (χ2n) is 5.16. The van der Waals surface area contributed by atoms with Crippen molar-refractivity contribution in [3.05, 3.63) is 52.8 Å². The third-order valence-corrected chi connectivity index (χ3v) is 3.87. The lowest BCUT2D eigenvalue weighted by Crippen LogP contribution is -2.16. The monoisotopic (exact) mass is 337 g/mol. The number of hydrogen-bond donors (Lipinski definition) is 0. The summed E-state index contributed by atoms with van der Waals surface area (Å²) < 4.78 is 40.6. The highest BCUT2D eigenvalue weighted by molar-refractivity contribution is 5.72. The molecule has 1 heterocycles. The quantitative estimate of drug-likeness (QED) is 0.622. The molecule has 0 unspecified atom stereocenters. The van der Waals surface area contributed by atoms with Gasteiger partial charge in [0.05, 0.1) is 0 Å². The van der Waals surface area contributed by atoms with Crippen LogP contribution < -0.4 is 0 Å². The van der Waals surface area contributed by atoms with Crippen molar-refractivity contribution in [2.24, 2.45) is 0 Å². The molecule has 0 fully saturated rings. The molecule has 0 spiro atoms. The average Bonchev–Trinajstić information content (AvgIpc) is 2.61. The van der Waals surface area contributed by atoms with E-state index in [0.29, 0.717) is 30.5 Å². The molecule has 0 saturated heterocycles. The Labute approximate surface area is 142 Å². The fourth-order valence-corrected chi connectivity index (χ4v) is 2.95. The predicted molar refractivity (Wildman–Crippen MR) is 94.2 cm³/mol. The number of nitrogens with zero attached hydrogens (tertiary/aromatic N) is 1. The van der Waals surface area contributed by atoms with Crippen LogP contribution in [0.25, 0.3) is 11.1 Å². The van der Waals surface area contributed by atoms with Crippen LogP contribution in [0.1, 0.15) is 57.1 Å². The van der Waals surface area contributed by atoms with E-state index in [4.69, 9.17) is 0 Å². The Kier molecular flexibility index (Phi) is 7.46. The Morgan fingerprint density at radius 2 is 1.38 bits per heavy atom. The predicted octanol–water partition coefficient (Wildman–Crippen LogP) is 6.48. The van der Waals surface area contributed by atoms with Crippen LogP contribution >= 0.6 is 0 Å². The Morgan fingerprint density at radius 1 is 0.833 bits per heavy atom. The van der Waals surface area contributed by atoms with Gasteiger partial charge in [-0.1, -0.05) is 65.0 Å². The first-order valence-corrected chi connectivity index (χ1v) is 8.61. The van der Waals surface area contributed by atoms with Crippen molar-refractivity contribution >= 4 is 0 Å². The molecule has 0 amide bonds. The van der Waals surface area contributed by atoms with Gasteiger partial charge in [0.1, 0.15) is 0 Å². The minimum absolute atomic E-state index is 0.240. The van der Waals surface area contributed by atoms with E-state index < -0.39 is 11.9 Å². The van der Waals surface area contributed by atoms with Crippen LogP contribution in [0.5, 0.6) is 0 Å². The summed E-state index contributed by atoms with van der Waals surface area (Å²) in [6, 6.07) is 8.76. The molecule has 0 radical (unpaired) electrons. The maximum atomic E-state index is 13.5. The second kappa shape index (κ2) is 8.86. The minimum Gasteiger partial charge on any atom is -0.247 e. The van der Waals surface area contributed by atoms with Crippen molar-refractivity contribution < 1.29 is 13.2 Å². The second-order valence-corrected chi connectivity index (χ2v) is 5.16. The van der Waals surface area contributed by atoms with Gasteiger partial charge < -0.3 is 0 Å². The molecule has 0 aliphatic heterocycles. The number of benzene rings is 1. The van der Waals surface area contributed by atoms with Gasteiger partial charge in [-0.15, -0.1) is 0 Å². The zero-order chi connectivity index (χ0) is 18.3. The van der Waals surface area contributed by atoms with Crippen LogP contribution in [0.4, 0.5) is 13.2 Å². The number of alkyl halides is 3. The van der Waals surface area contributed by atoms with Crippen molar-refractivity contribution in [2.45, 2.75) is 60.1 Å². The van der Waals surface area contributed by atoms with Crippen molar-refractivity contribution in [1.29, 1.82) is 0 Å².